The van der Waals surface area contributed by atoms with E-state index < -0.39 is 6.36 Å². The van der Waals surface area contributed by atoms with E-state index in [1.54, 1.807) is 34.5 Å². The topological polar surface area (TPSA) is 83.6 Å². The number of nitrogens with one attached hydrogen (secondary N) is 2. The second-order valence-electron chi connectivity index (χ2n) is 8.24. The van der Waals surface area contributed by atoms with Crippen LogP contribution in [0.4, 0.5) is 23.7 Å². The number of halogens is 3. The van der Waals surface area contributed by atoms with E-state index in [9.17, 15) is 22.8 Å². The Labute approximate surface area is 210 Å². The summed E-state index contributed by atoms with van der Waals surface area (Å²) < 4.78 is 41.2. The number of benzene rings is 2. The van der Waals surface area contributed by atoms with Crippen molar-refractivity contribution in [2.24, 2.45) is 0 Å². The molecule has 2 N–H and O–H groups in total. The van der Waals surface area contributed by atoms with Gasteiger partial charge in [-0.25, -0.2) is 9.78 Å². The number of para-hydroxylation sites is 1. The van der Waals surface area contributed by atoms with Crippen LogP contribution in [0.1, 0.15) is 41.2 Å². The van der Waals surface area contributed by atoms with Crippen molar-refractivity contribution in [1.29, 1.82) is 0 Å². The molecule has 0 bridgehead atoms. The van der Waals surface area contributed by atoms with E-state index in [0.29, 0.717) is 42.1 Å². The van der Waals surface area contributed by atoms with Gasteiger partial charge in [0, 0.05) is 42.2 Å². The number of amides is 3. The minimum atomic E-state index is -4.76. The van der Waals surface area contributed by atoms with Crippen molar-refractivity contribution in [2.45, 2.75) is 32.0 Å². The van der Waals surface area contributed by atoms with Crippen LogP contribution >= 0.6 is 11.3 Å². The summed E-state index contributed by atoms with van der Waals surface area (Å²) in [7, 11) is 0. The van der Waals surface area contributed by atoms with Gasteiger partial charge in [0.25, 0.3) is 5.91 Å². The fraction of sp³-hybridized carbons (Fsp3) is 0.320. The summed E-state index contributed by atoms with van der Waals surface area (Å²) in [6.45, 7) is 3.74. The standard InChI is InChI=1S/C25H25F3N4O3S/c1-2-29-24(34)32-13-11-17(12-14-32)23-31-21(15-36-23)22(33)30-20-6-4-3-5-19(20)16-7-9-18(10-8-16)35-25(26,27)28/h3-10,15,17H,2,11-14H2,1H3,(H,29,34)(H,30,33). The molecule has 2 heterocycles. The number of piperidine rings is 1. The number of hydrogen-bond acceptors (Lipinski definition) is 5. The first kappa shape index (κ1) is 25.5. The Hall–Kier alpha value is -3.60. The zero-order chi connectivity index (χ0) is 25.7. The van der Waals surface area contributed by atoms with Crippen molar-refractivity contribution in [1.82, 2.24) is 15.2 Å². The van der Waals surface area contributed by atoms with Crippen LogP contribution in [0.2, 0.25) is 0 Å². The van der Waals surface area contributed by atoms with Crippen molar-refractivity contribution >= 4 is 29.0 Å². The average molecular weight is 519 g/mol. The fourth-order valence-corrected chi connectivity index (χ4v) is 5.01. The van der Waals surface area contributed by atoms with E-state index in [-0.39, 0.29) is 23.6 Å². The zero-order valence-corrected chi connectivity index (χ0v) is 20.3. The molecule has 7 nitrogen and oxygen atoms in total. The number of alkyl halides is 3. The Morgan fingerprint density at radius 1 is 1.11 bits per heavy atom. The molecule has 1 fully saturated rings. The summed E-state index contributed by atoms with van der Waals surface area (Å²) in [6.07, 6.45) is -3.20. The van der Waals surface area contributed by atoms with Gasteiger partial charge in [-0.05, 0) is 43.5 Å². The number of aromatic nitrogens is 1. The van der Waals surface area contributed by atoms with Crippen molar-refractivity contribution in [3.05, 3.63) is 64.6 Å². The normalized spacial score (nSPS) is 14.4. The highest BCUT2D eigenvalue weighted by Crippen LogP contribution is 2.33. The molecule has 3 aromatic rings. The molecular weight excluding hydrogens is 493 g/mol. The van der Waals surface area contributed by atoms with Gasteiger partial charge in [0.2, 0.25) is 0 Å². The lowest BCUT2D eigenvalue weighted by Crippen LogP contribution is -2.44. The van der Waals surface area contributed by atoms with Crippen LogP contribution in [0.5, 0.6) is 5.75 Å². The molecule has 36 heavy (non-hydrogen) atoms. The van der Waals surface area contributed by atoms with Gasteiger partial charge in [-0.2, -0.15) is 0 Å². The molecule has 0 atom stereocenters. The quantitative estimate of drug-likeness (QED) is 0.428. The first-order valence-electron chi connectivity index (χ1n) is 11.5. The summed E-state index contributed by atoms with van der Waals surface area (Å²) in [5.74, 6) is -0.506. The van der Waals surface area contributed by atoms with Crippen LogP contribution in [0.25, 0.3) is 11.1 Å². The molecule has 11 heteroatoms. The highest BCUT2D eigenvalue weighted by atomic mass is 32.1. The van der Waals surface area contributed by atoms with Crippen LogP contribution in [0.3, 0.4) is 0 Å². The van der Waals surface area contributed by atoms with E-state index in [4.69, 9.17) is 0 Å². The van der Waals surface area contributed by atoms with Crippen LogP contribution in [0.15, 0.2) is 53.9 Å². The third-order valence-electron chi connectivity index (χ3n) is 5.79. The van der Waals surface area contributed by atoms with Crippen molar-refractivity contribution in [3.63, 3.8) is 0 Å². The maximum absolute atomic E-state index is 12.9. The van der Waals surface area contributed by atoms with Crippen molar-refractivity contribution in [2.75, 3.05) is 25.0 Å². The minimum Gasteiger partial charge on any atom is -0.406 e. The first-order chi connectivity index (χ1) is 17.2. The molecule has 1 aliphatic rings. The number of hydrogen-bond donors (Lipinski definition) is 2. The van der Waals surface area contributed by atoms with E-state index in [2.05, 4.69) is 20.4 Å². The molecule has 3 amide bonds. The number of ether oxygens (including phenoxy) is 1. The molecule has 0 radical (unpaired) electrons. The number of carbonyl (C=O) groups is 2. The highest BCUT2D eigenvalue weighted by Gasteiger charge is 2.31. The minimum absolute atomic E-state index is 0.0589. The number of urea groups is 1. The zero-order valence-electron chi connectivity index (χ0n) is 19.5. The smallest absolute Gasteiger partial charge is 0.406 e. The summed E-state index contributed by atoms with van der Waals surface area (Å²) in [5, 5.41) is 8.25. The Morgan fingerprint density at radius 2 is 1.81 bits per heavy atom. The Kier molecular flexibility index (Phi) is 7.78. The molecule has 1 aliphatic heterocycles. The van der Waals surface area contributed by atoms with Gasteiger partial charge in [0.05, 0.1) is 5.01 Å². The number of carbonyl (C=O) groups excluding carboxylic acids is 2. The van der Waals surface area contributed by atoms with Gasteiger partial charge < -0.3 is 20.3 Å². The van der Waals surface area contributed by atoms with Crippen LogP contribution in [0, 0.1) is 0 Å². The van der Waals surface area contributed by atoms with Gasteiger partial charge >= 0.3 is 12.4 Å². The molecule has 0 saturated carbocycles. The van der Waals surface area contributed by atoms with E-state index in [0.717, 1.165) is 17.8 Å². The SMILES string of the molecule is CCNC(=O)N1CCC(c2nc(C(=O)Nc3ccccc3-c3ccc(OC(F)(F)F)cc3)cs2)CC1. The summed E-state index contributed by atoms with van der Waals surface area (Å²) in [4.78, 5) is 31.3. The monoisotopic (exact) mass is 518 g/mol. The average Bonchev–Trinajstić information content (AvgIpc) is 3.35. The van der Waals surface area contributed by atoms with Gasteiger partial charge in [-0.3, -0.25) is 4.79 Å². The molecule has 4 rings (SSSR count). The second-order valence-corrected chi connectivity index (χ2v) is 9.13. The maximum Gasteiger partial charge on any atom is 0.573 e. The lowest BCUT2D eigenvalue weighted by Gasteiger charge is -2.31. The van der Waals surface area contributed by atoms with E-state index in [1.165, 1.54) is 35.6 Å². The molecule has 0 spiro atoms. The number of anilines is 1. The summed E-state index contributed by atoms with van der Waals surface area (Å²) in [5.41, 5.74) is 2.08. The van der Waals surface area contributed by atoms with Crippen LogP contribution < -0.4 is 15.4 Å². The Bertz CT molecular complexity index is 1210. The van der Waals surface area contributed by atoms with Crippen LogP contribution in [-0.2, 0) is 0 Å². The molecule has 0 aliphatic carbocycles. The lowest BCUT2D eigenvalue weighted by atomic mass is 9.98. The van der Waals surface area contributed by atoms with Gasteiger partial charge in [0.1, 0.15) is 11.4 Å². The van der Waals surface area contributed by atoms with E-state index in [1.807, 2.05) is 6.92 Å². The number of likely N-dealkylation sites (tertiary alicyclic amines) is 1. The number of thiazole rings is 1. The van der Waals surface area contributed by atoms with Crippen molar-refractivity contribution < 1.29 is 27.5 Å². The molecule has 0 unspecified atom stereocenters. The van der Waals surface area contributed by atoms with Gasteiger partial charge in [-0.1, -0.05) is 30.3 Å². The predicted octanol–water partition coefficient (Wildman–Crippen LogP) is 5.87. The second kappa shape index (κ2) is 11.0. The van der Waals surface area contributed by atoms with Gasteiger partial charge in [0.15, 0.2) is 0 Å². The highest BCUT2D eigenvalue weighted by molar-refractivity contribution is 7.10. The number of nitrogens with zero attached hydrogens (tertiary/aromatic N) is 2. The van der Waals surface area contributed by atoms with E-state index >= 15 is 0 Å². The molecular formula is C25H25F3N4O3S. The molecule has 1 aromatic heterocycles. The lowest BCUT2D eigenvalue weighted by molar-refractivity contribution is -0.274. The van der Waals surface area contributed by atoms with Crippen molar-refractivity contribution in [3.8, 4) is 16.9 Å². The number of rotatable bonds is 6. The maximum atomic E-state index is 12.9. The summed E-state index contributed by atoms with van der Waals surface area (Å²) in [6, 6.07) is 12.4. The first-order valence-corrected chi connectivity index (χ1v) is 12.4. The third-order valence-corrected chi connectivity index (χ3v) is 6.80. The molecule has 1 saturated heterocycles. The fourth-order valence-electron chi connectivity index (χ4n) is 4.04. The largest absolute Gasteiger partial charge is 0.573 e. The third kappa shape index (κ3) is 6.34. The Morgan fingerprint density at radius 3 is 2.47 bits per heavy atom. The molecule has 190 valence electrons. The predicted molar refractivity (Wildman–Crippen MR) is 131 cm³/mol. The Balaban J connectivity index is 1.42. The molecule has 2 aromatic carbocycles. The summed E-state index contributed by atoms with van der Waals surface area (Å²) >= 11 is 1.42. The van der Waals surface area contributed by atoms with Crippen LogP contribution in [-0.4, -0.2) is 47.8 Å². The van der Waals surface area contributed by atoms with Gasteiger partial charge in [-0.15, -0.1) is 24.5 Å².